The third-order valence-electron chi connectivity index (χ3n) is 6.55. The Morgan fingerprint density at radius 2 is 1.89 bits per heavy atom. The summed E-state index contributed by atoms with van der Waals surface area (Å²) in [5.41, 5.74) is 0.365. The lowest BCUT2D eigenvalue weighted by Gasteiger charge is -2.31. The molecule has 0 aromatic heterocycles. The predicted molar refractivity (Wildman–Crippen MR) is 150 cm³/mol. The summed E-state index contributed by atoms with van der Waals surface area (Å²) in [4.78, 5) is 15.8. The molecule has 1 heterocycles. The zero-order chi connectivity index (χ0) is 28.0. The number of ether oxygens (including phenoxy) is 2. The van der Waals surface area contributed by atoms with Crippen molar-refractivity contribution in [1.29, 1.82) is 5.26 Å². The van der Waals surface area contributed by atoms with Crippen LogP contribution in [0.1, 0.15) is 53.0 Å². The van der Waals surface area contributed by atoms with Crippen LogP contribution in [0.3, 0.4) is 0 Å². The Morgan fingerprint density at radius 1 is 1.24 bits per heavy atom. The number of anilines is 2. The highest BCUT2D eigenvalue weighted by atomic mass is 35.5. The van der Waals surface area contributed by atoms with Crippen LogP contribution in [-0.4, -0.2) is 34.5 Å². The number of amides is 1. The van der Waals surface area contributed by atoms with Crippen LogP contribution >= 0.6 is 23.8 Å². The molecule has 7 nitrogen and oxygen atoms in total. The molecule has 10 heteroatoms. The highest BCUT2D eigenvalue weighted by Crippen LogP contribution is 2.43. The van der Waals surface area contributed by atoms with Crippen LogP contribution in [0.2, 0.25) is 5.02 Å². The molecule has 38 heavy (non-hydrogen) atoms. The SMILES string of the molecule is C=C1N(c2ccc(C#N)c(Cl)c2)C(=S)N(c2ccc(OCC3(NC(=O)OC(C)(C)C)CC3)c(F)c2)C1(C)C. The first-order valence-electron chi connectivity index (χ1n) is 12.1. The van der Waals surface area contributed by atoms with E-state index in [-0.39, 0.29) is 12.4 Å². The van der Waals surface area contributed by atoms with Crippen LogP contribution in [0, 0.1) is 17.1 Å². The van der Waals surface area contributed by atoms with Crippen molar-refractivity contribution in [3.05, 3.63) is 65.1 Å². The van der Waals surface area contributed by atoms with E-state index in [0.29, 0.717) is 32.8 Å². The largest absolute Gasteiger partial charge is 0.488 e. The zero-order valence-corrected chi connectivity index (χ0v) is 23.6. The maximum Gasteiger partial charge on any atom is 0.408 e. The topological polar surface area (TPSA) is 77.8 Å². The van der Waals surface area contributed by atoms with Crippen LogP contribution in [0.15, 0.2) is 48.7 Å². The van der Waals surface area contributed by atoms with Gasteiger partial charge < -0.3 is 19.7 Å². The number of thiocarbonyl (C=S) groups is 1. The van der Waals surface area contributed by atoms with Gasteiger partial charge in [-0.3, -0.25) is 4.90 Å². The van der Waals surface area contributed by atoms with E-state index in [1.165, 1.54) is 6.07 Å². The number of halogens is 2. The summed E-state index contributed by atoms with van der Waals surface area (Å²) in [6, 6.07) is 11.7. The molecule has 2 aromatic carbocycles. The Labute approximate surface area is 232 Å². The van der Waals surface area contributed by atoms with E-state index < -0.39 is 28.6 Å². The summed E-state index contributed by atoms with van der Waals surface area (Å²) in [6.07, 6.45) is 0.923. The van der Waals surface area contributed by atoms with Crippen molar-refractivity contribution < 1.29 is 18.7 Å². The normalized spacial score (nSPS) is 17.7. The summed E-state index contributed by atoms with van der Waals surface area (Å²) < 4.78 is 26.3. The van der Waals surface area contributed by atoms with Crippen LogP contribution < -0.4 is 19.9 Å². The van der Waals surface area contributed by atoms with E-state index in [2.05, 4.69) is 11.9 Å². The summed E-state index contributed by atoms with van der Waals surface area (Å²) in [7, 11) is 0. The number of nitrogens with one attached hydrogen (secondary N) is 1. The van der Waals surface area contributed by atoms with Crippen LogP contribution in [-0.2, 0) is 4.74 Å². The fourth-order valence-corrected chi connectivity index (χ4v) is 4.99. The molecule has 1 amide bonds. The molecular weight excluding hydrogens is 527 g/mol. The average molecular weight is 557 g/mol. The Hall–Kier alpha value is -3.35. The van der Waals surface area contributed by atoms with E-state index in [0.717, 1.165) is 12.8 Å². The summed E-state index contributed by atoms with van der Waals surface area (Å²) in [5, 5.41) is 12.7. The molecular formula is C28H30ClFN4O3S. The van der Waals surface area contributed by atoms with Gasteiger partial charge in [0, 0.05) is 23.1 Å². The minimum Gasteiger partial charge on any atom is -0.488 e. The molecule has 0 unspecified atom stereocenters. The van der Waals surface area contributed by atoms with Crippen LogP contribution in [0.5, 0.6) is 5.75 Å². The first-order chi connectivity index (χ1) is 17.7. The molecule has 0 spiro atoms. The van der Waals surface area contributed by atoms with Crippen molar-refractivity contribution in [1.82, 2.24) is 5.32 Å². The molecule has 2 aliphatic rings. The lowest BCUT2D eigenvalue weighted by molar-refractivity contribution is 0.0476. The maximum atomic E-state index is 15.2. The van der Waals surface area contributed by atoms with Crippen molar-refractivity contribution in [3.8, 4) is 11.8 Å². The van der Waals surface area contributed by atoms with Gasteiger partial charge in [-0.05, 0) is 90.0 Å². The Kier molecular flexibility index (Phi) is 7.10. The van der Waals surface area contributed by atoms with E-state index in [9.17, 15) is 10.1 Å². The van der Waals surface area contributed by atoms with Gasteiger partial charge in [-0.25, -0.2) is 9.18 Å². The van der Waals surface area contributed by atoms with Crippen LogP contribution in [0.25, 0.3) is 0 Å². The minimum absolute atomic E-state index is 0.0727. The zero-order valence-electron chi connectivity index (χ0n) is 22.0. The number of benzene rings is 2. The van der Waals surface area contributed by atoms with Crippen molar-refractivity contribution in [2.75, 3.05) is 16.4 Å². The highest BCUT2D eigenvalue weighted by Gasteiger charge is 2.47. The molecule has 0 bridgehead atoms. The van der Waals surface area contributed by atoms with Crippen molar-refractivity contribution >= 4 is 46.4 Å². The Balaban J connectivity index is 1.51. The molecule has 4 rings (SSSR count). The molecule has 1 aliphatic carbocycles. The summed E-state index contributed by atoms with van der Waals surface area (Å²) >= 11 is 12.1. The number of nitriles is 1. The van der Waals surface area contributed by atoms with Crippen molar-refractivity contribution in [3.63, 3.8) is 0 Å². The fraction of sp³-hybridized carbons (Fsp3) is 0.393. The van der Waals surface area contributed by atoms with Crippen LogP contribution in [0.4, 0.5) is 20.6 Å². The highest BCUT2D eigenvalue weighted by molar-refractivity contribution is 7.80. The maximum absolute atomic E-state index is 15.2. The van der Waals surface area contributed by atoms with Gasteiger partial charge in [0.05, 0.1) is 21.7 Å². The van der Waals surface area contributed by atoms with Gasteiger partial charge in [-0.15, -0.1) is 0 Å². The summed E-state index contributed by atoms with van der Waals surface area (Å²) in [5.74, 6) is -0.483. The van der Waals surface area contributed by atoms with Gasteiger partial charge in [0.2, 0.25) is 0 Å². The predicted octanol–water partition coefficient (Wildman–Crippen LogP) is 6.69. The van der Waals surface area contributed by atoms with E-state index >= 15 is 4.39 Å². The molecule has 200 valence electrons. The van der Waals surface area contributed by atoms with Gasteiger partial charge in [0.15, 0.2) is 16.7 Å². The second kappa shape index (κ2) is 9.75. The molecule has 0 atom stereocenters. The smallest absolute Gasteiger partial charge is 0.408 e. The van der Waals surface area contributed by atoms with Gasteiger partial charge in [0.1, 0.15) is 18.3 Å². The third kappa shape index (κ3) is 5.42. The van der Waals surface area contributed by atoms with Gasteiger partial charge in [0.25, 0.3) is 0 Å². The molecule has 2 fully saturated rings. The third-order valence-corrected chi connectivity index (χ3v) is 7.22. The van der Waals surface area contributed by atoms with Gasteiger partial charge in [-0.1, -0.05) is 18.2 Å². The number of hydrogen-bond acceptors (Lipinski definition) is 5. The van der Waals surface area contributed by atoms with E-state index in [1.54, 1.807) is 56.0 Å². The molecule has 2 aromatic rings. The molecule has 1 aliphatic heterocycles. The molecule has 1 saturated heterocycles. The average Bonchev–Trinajstić information content (AvgIpc) is 3.52. The molecule has 0 radical (unpaired) electrons. The van der Waals surface area contributed by atoms with Crippen molar-refractivity contribution in [2.45, 2.75) is 64.1 Å². The van der Waals surface area contributed by atoms with Gasteiger partial charge in [-0.2, -0.15) is 5.26 Å². The number of nitrogens with zero attached hydrogens (tertiary/aromatic N) is 3. The lowest BCUT2D eigenvalue weighted by Crippen LogP contribution is -2.44. The van der Waals surface area contributed by atoms with E-state index in [1.807, 2.05) is 24.8 Å². The monoisotopic (exact) mass is 556 g/mol. The minimum atomic E-state index is -0.679. The standard InChI is InChI=1S/C28H30ClFN4O3S/c1-17-27(5,6)34(25(38)33(17)19-8-7-18(15-31)21(29)13-19)20-9-10-23(22(30)14-20)36-16-28(11-12-28)32-24(35)37-26(2,3)4/h7-10,13-14H,1,11-12,16H2,2-6H3,(H,32,35). The Morgan fingerprint density at radius 3 is 2.45 bits per heavy atom. The fourth-order valence-electron chi connectivity index (χ4n) is 4.23. The lowest BCUT2D eigenvalue weighted by atomic mass is 10.00. The second-order valence-corrected chi connectivity index (χ2v) is 11.8. The van der Waals surface area contributed by atoms with Crippen molar-refractivity contribution in [2.24, 2.45) is 0 Å². The quantitative estimate of drug-likeness (QED) is 0.397. The van der Waals surface area contributed by atoms with Gasteiger partial charge >= 0.3 is 6.09 Å². The Bertz CT molecular complexity index is 1360. The number of rotatable bonds is 6. The first-order valence-corrected chi connectivity index (χ1v) is 12.9. The molecule has 1 saturated carbocycles. The van der Waals surface area contributed by atoms with E-state index in [4.69, 9.17) is 33.3 Å². The number of alkyl carbamates (subject to hydrolysis) is 1. The number of carbonyl (C=O) groups excluding carboxylic acids is 1. The summed E-state index contributed by atoms with van der Waals surface area (Å²) in [6.45, 7) is 13.6. The first kappa shape index (κ1) is 27.7. The molecule has 1 N–H and O–H groups in total. The number of hydrogen-bond donors (Lipinski definition) is 1. The second-order valence-electron chi connectivity index (χ2n) is 11.0. The number of carbonyl (C=O) groups is 1.